The van der Waals surface area contributed by atoms with E-state index in [1.807, 2.05) is 18.0 Å². The second-order valence-electron chi connectivity index (χ2n) is 3.69. The third-order valence-electron chi connectivity index (χ3n) is 1.46. The molecule has 0 rings (SSSR count). The fourth-order valence-electron chi connectivity index (χ4n) is 0.671. The Kier molecular flexibility index (Phi) is 3.56. The molecule has 10 heavy (non-hydrogen) atoms. The zero-order valence-corrected chi connectivity index (χ0v) is 10.8. The van der Waals surface area contributed by atoms with Gasteiger partial charge in [0.05, 0.1) is 0 Å². The Hall–Kier alpha value is 1.08. The fourth-order valence-corrected chi connectivity index (χ4v) is 3.49. The molecule has 4 heteroatoms. The van der Waals surface area contributed by atoms with E-state index in [1.54, 1.807) is 0 Å². The molecule has 0 bridgehead atoms. The van der Waals surface area contributed by atoms with E-state index in [9.17, 15) is 0 Å². The van der Waals surface area contributed by atoms with Crippen LogP contribution in [0.25, 0.3) is 0 Å². The first-order valence-electron chi connectivity index (χ1n) is 3.25. The maximum atomic E-state index is 6.23. The second kappa shape index (κ2) is 3.22. The zero-order valence-electron chi connectivity index (χ0n) is 7.20. The molecule has 0 fully saturated rings. The first-order valence-corrected chi connectivity index (χ1v) is 10.7. The molecular weight excluding hydrogens is 230 g/mol. The van der Waals surface area contributed by atoms with Crippen molar-refractivity contribution in [2.45, 2.75) is 25.0 Å². The van der Waals surface area contributed by atoms with Crippen LogP contribution in [-0.2, 0) is 0 Å². The Morgan fingerprint density at radius 3 is 1.40 bits per heavy atom. The van der Waals surface area contributed by atoms with Gasteiger partial charge in [0.1, 0.15) is 0 Å². The van der Waals surface area contributed by atoms with Gasteiger partial charge in [0.15, 0.2) is 0 Å². The molecule has 0 atom stereocenters. The van der Waals surface area contributed by atoms with Crippen molar-refractivity contribution in [3.63, 3.8) is 0 Å². The summed E-state index contributed by atoms with van der Waals surface area (Å²) in [6.45, 7) is 6.27. The number of hydrogen-bond acceptors (Lipinski definition) is 1. The third-order valence-corrected chi connectivity index (χ3v) is 17.0. The van der Waals surface area contributed by atoms with Crippen molar-refractivity contribution in [1.29, 1.82) is 0 Å². The average Bonchev–Trinajstić information content (AvgIpc) is 1.62. The third kappa shape index (κ3) is 2.29. The number of rotatable bonds is 1. The molecule has 0 aliphatic rings. The molecule has 0 aromatic carbocycles. The van der Waals surface area contributed by atoms with Crippen LogP contribution in [0.4, 0.5) is 0 Å². The van der Waals surface area contributed by atoms with Gasteiger partial charge in [0.2, 0.25) is 0 Å². The van der Waals surface area contributed by atoms with Crippen LogP contribution in [0.15, 0.2) is 0 Å². The van der Waals surface area contributed by atoms with Crippen molar-refractivity contribution in [3.05, 3.63) is 0 Å². The average molecular weight is 245 g/mol. The molecule has 0 aliphatic carbocycles. The Labute approximate surface area is 74.6 Å². The van der Waals surface area contributed by atoms with Gasteiger partial charge >= 0.3 is 74.6 Å². The van der Waals surface area contributed by atoms with E-state index in [1.165, 1.54) is 0 Å². The molecule has 0 aliphatic heterocycles. The molecule has 0 aromatic rings. The van der Waals surface area contributed by atoms with E-state index >= 15 is 0 Å². The number of halogens is 2. The molecular formula is C6H15Cl2GeN. The van der Waals surface area contributed by atoms with E-state index < -0.39 is 11.6 Å². The van der Waals surface area contributed by atoms with Gasteiger partial charge in [-0.15, -0.1) is 0 Å². The number of nitrogens with zero attached hydrogens (tertiary/aromatic N) is 1. The molecule has 0 spiro atoms. The molecule has 0 saturated carbocycles. The molecule has 0 amide bonds. The minimum atomic E-state index is -2.70. The van der Waals surface area contributed by atoms with Gasteiger partial charge in [0.25, 0.3) is 0 Å². The van der Waals surface area contributed by atoms with Crippen LogP contribution in [0, 0.1) is 0 Å². The first kappa shape index (κ1) is 11.1. The maximum absolute atomic E-state index is 6.23. The second-order valence-corrected chi connectivity index (χ2v) is 17.7. The molecule has 1 nitrogen and oxygen atoms in total. The first-order chi connectivity index (χ1) is 4.19. The van der Waals surface area contributed by atoms with E-state index in [0.717, 1.165) is 0 Å². The monoisotopic (exact) mass is 245 g/mol. The Morgan fingerprint density at radius 1 is 1.10 bits per heavy atom. The molecule has 0 heterocycles. The van der Waals surface area contributed by atoms with Gasteiger partial charge in [-0.1, -0.05) is 0 Å². The summed E-state index contributed by atoms with van der Waals surface area (Å²) in [7, 11) is 16.4. The normalized spacial score (nSPS) is 14.4. The van der Waals surface area contributed by atoms with Crippen molar-refractivity contribution in [2.24, 2.45) is 0 Å². The predicted octanol–water partition coefficient (Wildman–Crippen LogP) is 2.76. The van der Waals surface area contributed by atoms with Crippen LogP contribution in [-0.4, -0.2) is 29.6 Å². The van der Waals surface area contributed by atoms with Gasteiger partial charge in [-0.25, -0.2) is 0 Å². The molecule has 0 unspecified atom stereocenters. The summed E-state index contributed by atoms with van der Waals surface area (Å²) in [5, 5.41) is 0. The fraction of sp³-hybridized carbons (Fsp3) is 1.00. The van der Waals surface area contributed by atoms with E-state index in [2.05, 4.69) is 20.8 Å². The topological polar surface area (TPSA) is 3.24 Å². The summed E-state index contributed by atoms with van der Waals surface area (Å²) in [5.41, 5.74) is 0. The Bertz CT molecular complexity index is 117. The van der Waals surface area contributed by atoms with Crippen molar-refractivity contribution < 1.29 is 0 Å². The standard InChI is InChI=1S/C6H15Cl2GeN/c1-6(2,3)9(7,8)10(4)5/h1-5H3. The Balaban J connectivity index is 4.40. The molecule has 0 saturated heterocycles. The van der Waals surface area contributed by atoms with Gasteiger partial charge in [-0.2, -0.15) is 0 Å². The van der Waals surface area contributed by atoms with Gasteiger partial charge < -0.3 is 0 Å². The Morgan fingerprint density at radius 2 is 1.40 bits per heavy atom. The predicted molar refractivity (Wildman–Crippen MR) is 50.9 cm³/mol. The van der Waals surface area contributed by atoms with E-state index in [4.69, 9.17) is 20.0 Å². The van der Waals surface area contributed by atoms with Crippen LogP contribution >= 0.6 is 20.0 Å². The van der Waals surface area contributed by atoms with Crippen LogP contribution in [0.5, 0.6) is 0 Å². The van der Waals surface area contributed by atoms with Crippen molar-refractivity contribution >= 4 is 31.6 Å². The summed E-state index contributed by atoms with van der Waals surface area (Å²) in [5.74, 6) is 0. The van der Waals surface area contributed by atoms with Crippen LogP contribution in [0.1, 0.15) is 20.8 Å². The molecule has 62 valence electrons. The zero-order chi connectivity index (χ0) is 8.58. The van der Waals surface area contributed by atoms with E-state index in [-0.39, 0.29) is 4.25 Å². The van der Waals surface area contributed by atoms with Crippen molar-refractivity contribution in [3.8, 4) is 0 Å². The quantitative estimate of drug-likeness (QED) is 0.641. The van der Waals surface area contributed by atoms with Gasteiger partial charge in [-0.05, 0) is 0 Å². The molecule has 0 radical (unpaired) electrons. The van der Waals surface area contributed by atoms with Crippen molar-refractivity contribution in [2.75, 3.05) is 14.1 Å². The van der Waals surface area contributed by atoms with E-state index in [0.29, 0.717) is 0 Å². The van der Waals surface area contributed by atoms with Gasteiger partial charge in [0, 0.05) is 0 Å². The summed E-state index contributed by atoms with van der Waals surface area (Å²) in [6.07, 6.45) is 0. The summed E-state index contributed by atoms with van der Waals surface area (Å²) >= 11 is -2.70. The van der Waals surface area contributed by atoms with Crippen molar-refractivity contribution in [1.82, 2.24) is 3.86 Å². The van der Waals surface area contributed by atoms with Crippen LogP contribution in [0.3, 0.4) is 0 Å². The minimum absolute atomic E-state index is 0.0621. The van der Waals surface area contributed by atoms with Crippen LogP contribution < -0.4 is 0 Å². The SMILES string of the molecule is C[N](C)[Ge]([Cl])([Cl])[C](C)(C)C. The molecule has 0 aromatic heterocycles. The summed E-state index contributed by atoms with van der Waals surface area (Å²) in [6, 6.07) is 0. The summed E-state index contributed by atoms with van der Waals surface area (Å²) in [4.78, 5) is 0. The summed E-state index contributed by atoms with van der Waals surface area (Å²) < 4.78 is 2.05. The van der Waals surface area contributed by atoms with Gasteiger partial charge in [-0.3, -0.25) is 0 Å². The van der Waals surface area contributed by atoms with Crippen LogP contribution in [0.2, 0.25) is 4.25 Å². The number of hydrogen-bond donors (Lipinski definition) is 0. The molecule has 0 N–H and O–H groups in total.